The van der Waals surface area contributed by atoms with Crippen molar-refractivity contribution in [2.45, 2.75) is 0 Å². The van der Waals surface area contributed by atoms with Crippen molar-refractivity contribution in [1.29, 1.82) is 0 Å². The highest BCUT2D eigenvalue weighted by molar-refractivity contribution is 9.10. The molecule has 0 bridgehead atoms. The lowest BCUT2D eigenvalue weighted by atomic mass is 10.2. The second-order valence-corrected chi connectivity index (χ2v) is 5.22. The molecule has 0 aromatic heterocycles. The van der Waals surface area contributed by atoms with Crippen LogP contribution in [0.5, 0.6) is 5.75 Å². The number of hydrazine groups is 1. The van der Waals surface area contributed by atoms with Crippen molar-refractivity contribution < 1.29 is 23.1 Å². The quantitative estimate of drug-likeness (QED) is 0.796. The van der Waals surface area contributed by atoms with E-state index in [1.165, 1.54) is 36.4 Å². The first-order valence-electron chi connectivity index (χ1n) is 6.38. The summed E-state index contributed by atoms with van der Waals surface area (Å²) in [6.07, 6.45) is 0. The molecule has 5 nitrogen and oxygen atoms in total. The van der Waals surface area contributed by atoms with Gasteiger partial charge in [-0.3, -0.25) is 20.4 Å². The lowest BCUT2D eigenvalue weighted by molar-refractivity contribution is -0.123. The van der Waals surface area contributed by atoms with Crippen LogP contribution >= 0.6 is 15.9 Å². The molecule has 0 atom stereocenters. The molecule has 2 aromatic rings. The zero-order valence-corrected chi connectivity index (χ0v) is 13.2. The summed E-state index contributed by atoms with van der Waals surface area (Å²) >= 11 is 3.11. The molecule has 2 aromatic carbocycles. The van der Waals surface area contributed by atoms with Gasteiger partial charge in [0.05, 0.1) is 5.56 Å². The molecular weight excluding hydrogens is 374 g/mol. The van der Waals surface area contributed by atoms with Gasteiger partial charge < -0.3 is 4.74 Å². The van der Waals surface area contributed by atoms with E-state index in [0.29, 0.717) is 10.2 Å². The number of benzene rings is 2. The number of halogens is 3. The van der Waals surface area contributed by atoms with E-state index in [2.05, 4.69) is 26.8 Å². The van der Waals surface area contributed by atoms with Gasteiger partial charge in [0.1, 0.15) is 17.4 Å². The Bertz CT molecular complexity index is 723. The Morgan fingerprint density at radius 2 is 1.65 bits per heavy atom. The zero-order chi connectivity index (χ0) is 16.8. The Hall–Kier alpha value is -2.48. The van der Waals surface area contributed by atoms with Crippen molar-refractivity contribution in [2.75, 3.05) is 6.61 Å². The summed E-state index contributed by atoms with van der Waals surface area (Å²) < 4.78 is 31.3. The molecule has 8 heteroatoms. The lowest BCUT2D eigenvalue weighted by Gasteiger charge is -2.09. The average Bonchev–Trinajstić information content (AvgIpc) is 2.54. The Morgan fingerprint density at radius 3 is 2.35 bits per heavy atom. The van der Waals surface area contributed by atoms with Gasteiger partial charge in [0, 0.05) is 4.47 Å². The second-order valence-electron chi connectivity index (χ2n) is 4.37. The maximum absolute atomic E-state index is 13.1. The number of hydrogen-bond acceptors (Lipinski definition) is 3. The van der Waals surface area contributed by atoms with E-state index < -0.39 is 23.4 Å². The predicted molar refractivity (Wildman–Crippen MR) is 81.6 cm³/mol. The summed E-state index contributed by atoms with van der Waals surface area (Å²) in [6, 6.07) is 8.71. The van der Waals surface area contributed by atoms with Crippen LogP contribution in [0, 0.1) is 11.6 Å². The van der Waals surface area contributed by atoms with E-state index in [4.69, 9.17) is 4.74 Å². The molecule has 0 spiro atoms. The summed E-state index contributed by atoms with van der Waals surface area (Å²) in [5.41, 5.74) is 4.30. The molecule has 120 valence electrons. The molecule has 0 saturated heterocycles. The smallest absolute Gasteiger partial charge is 0.276 e. The Labute approximate surface area is 138 Å². The molecule has 0 aliphatic rings. The summed E-state index contributed by atoms with van der Waals surface area (Å²) in [5.74, 6) is -2.01. The van der Waals surface area contributed by atoms with Crippen LogP contribution in [-0.4, -0.2) is 18.4 Å². The minimum absolute atomic E-state index is 0.0322. The van der Waals surface area contributed by atoms with Gasteiger partial charge in [-0.15, -0.1) is 0 Å². The minimum atomic E-state index is -0.688. The fraction of sp³-hybridized carbons (Fsp3) is 0.0667. The molecule has 2 rings (SSSR count). The third kappa shape index (κ3) is 5.03. The van der Waals surface area contributed by atoms with E-state index >= 15 is 0 Å². The highest BCUT2D eigenvalue weighted by atomic mass is 79.9. The predicted octanol–water partition coefficient (Wildman–Crippen LogP) is 2.57. The van der Waals surface area contributed by atoms with Gasteiger partial charge in [-0.1, -0.05) is 0 Å². The van der Waals surface area contributed by atoms with E-state index in [0.717, 1.165) is 6.07 Å². The van der Waals surface area contributed by atoms with Crippen molar-refractivity contribution in [3.63, 3.8) is 0 Å². The molecule has 0 saturated carbocycles. The molecule has 0 aliphatic carbocycles. The number of carbonyl (C=O) groups excluding carboxylic acids is 2. The summed E-state index contributed by atoms with van der Waals surface area (Å²) in [7, 11) is 0. The fourth-order valence-electron chi connectivity index (χ4n) is 1.58. The van der Waals surface area contributed by atoms with Crippen molar-refractivity contribution in [3.8, 4) is 5.75 Å². The normalized spacial score (nSPS) is 10.0. The molecular formula is C15H11BrF2N2O3. The molecule has 0 aliphatic heterocycles. The first-order chi connectivity index (χ1) is 11.0. The molecule has 0 radical (unpaired) electrons. The SMILES string of the molecule is O=C(COc1ccc(F)cc1)NNC(=O)c1cc(F)ccc1Br. The Kier molecular flexibility index (Phi) is 5.64. The first kappa shape index (κ1) is 16.9. The van der Waals surface area contributed by atoms with E-state index in [1.54, 1.807) is 0 Å². The number of carbonyl (C=O) groups is 2. The monoisotopic (exact) mass is 384 g/mol. The number of nitrogens with one attached hydrogen (secondary N) is 2. The van der Waals surface area contributed by atoms with Crippen LogP contribution in [0.15, 0.2) is 46.9 Å². The van der Waals surface area contributed by atoms with Gasteiger partial charge in [-0.05, 0) is 58.4 Å². The van der Waals surface area contributed by atoms with Gasteiger partial charge in [0.15, 0.2) is 6.61 Å². The highest BCUT2D eigenvalue weighted by Gasteiger charge is 2.12. The van der Waals surface area contributed by atoms with Crippen LogP contribution in [0.4, 0.5) is 8.78 Å². The van der Waals surface area contributed by atoms with Gasteiger partial charge >= 0.3 is 0 Å². The molecule has 0 heterocycles. The summed E-state index contributed by atoms with van der Waals surface area (Å²) in [4.78, 5) is 23.4. The number of amides is 2. The maximum atomic E-state index is 13.1. The van der Waals surface area contributed by atoms with Gasteiger partial charge in [0.2, 0.25) is 0 Å². The topological polar surface area (TPSA) is 67.4 Å². The molecule has 2 N–H and O–H groups in total. The minimum Gasteiger partial charge on any atom is -0.484 e. The zero-order valence-electron chi connectivity index (χ0n) is 11.6. The maximum Gasteiger partial charge on any atom is 0.276 e. The van der Waals surface area contributed by atoms with Crippen molar-refractivity contribution >= 4 is 27.7 Å². The van der Waals surface area contributed by atoms with Crippen LogP contribution in [-0.2, 0) is 4.79 Å². The van der Waals surface area contributed by atoms with Crippen LogP contribution in [0.1, 0.15) is 10.4 Å². The lowest BCUT2D eigenvalue weighted by Crippen LogP contribution is -2.44. The Morgan fingerprint density at radius 1 is 1.00 bits per heavy atom. The summed E-state index contributed by atoms with van der Waals surface area (Å²) in [6.45, 7) is -0.379. The first-order valence-corrected chi connectivity index (χ1v) is 7.17. The molecule has 0 fully saturated rings. The number of ether oxygens (including phenoxy) is 1. The highest BCUT2D eigenvalue weighted by Crippen LogP contribution is 2.17. The van der Waals surface area contributed by atoms with E-state index in [-0.39, 0.29) is 12.2 Å². The van der Waals surface area contributed by atoms with E-state index in [9.17, 15) is 18.4 Å². The van der Waals surface area contributed by atoms with Crippen molar-refractivity contribution in [3.05, 3.63) is 64.1 Å². The van der Waals surface area contributed by atoms with Crippen molar-refractivity contribution in [1.82, 2.24) is 10.9 Å². The van der Waals surface area contributed by atoms with E-state index in [1.807, 2.05) is 0 Å². The van der Waals surface area contributed by atoms with Gasteiger partial charge in [-0.2, -0.15) is 0 Å². The average molecular weight is 385 g/mol. The van der Waals surface area contributed by atoms with Crippen LogP contribution in [0.25, 0.3) is 0 Å². The Balaban J connectivity index is 1.83. The number of hydrogen-bond donors (Lipinski definition) is 2. The van der Waals surface area contributed by atoms with Crippen LogP contribution in [0.2, 0.25) is 0 Å². The fourth-order valence-corrected chi connectivity index (χ4v) is 2.01. The summed E-state index contributed by atoms with van der Waals surface area (Å²) in [5, 5.41) is 0. The number of rotatable bonds is 4. The van der Waals surface area contributed by atoms with Crippen molar-refractivity contribution in [2.24, 2.45) is 0 Å². The van der Waals surface area contributed by atoms with Crippen LogP contribution in [0.3, 0.4) is 0 Å². The third-order valence-electron chi connectivity index (χ3n) is 2.67. The molecule has 23 heavy (non-hydrogen) atoms. The standard InChI is InChI=1S/C15H11BrF2N2O3/c16-13-6-3-10(18)7-12(13)15(22)20-19-14(21)8-23-11-4-1-9(17)2-5-11/h1-7H,8H2,(H,19,21)(H,20,22). The van der Waals surface area contributed by atoms with Gasteiger partial charge in [0.25, 0.3) is 11.8 Å². The molecule has 2 amide bonds. The van der Waals surface area contributed by atoms with Gasteiger partial charge in [-0.25, -0.2) is 8.78 Å². The second kappa shape index (κ2) is 7.68. The largest absolute Gasteiger partial charge is 0.484 e. The molecule has 0 unspecified atom stereocenters. The third-order valence-corrected chi connectivity index (χ3v) is 3.36. The van der Waals surface area contributed by atoms with Crippen LogP contribution < -0.4 is 15.6 Å².